The summed E-state index contributed by atoms with van der Waals surface area (Å²) in [5.41, 5.74) is 0. The van der Waals surface area contributed by atoms with Gasteiger partial charge in [-0.25, -0.2) is 0 Å². The zero-order valence-corrected chi connectivity index (χ0v) is 20.4. The predicted octanol–water partition coefficient (Wildman–Crippen LogP) is 6.19. The minimum atomic E-state index is -0.792. The normalized spacial score (nSPS) is 11.4. The van der Waals surface area contributed by atoms with Gasteiger partial charge in [-0.1, -0.05) is 74.0 Å². The van der Waals surface area contributed by atoms with Gasteiger partial charge in [0.1, 0.15) is 11.5 Å². The minimum Gasteiger partial charge on any atom is -0.467 e. The van der Waals surface area contributed by atoms with E-state index in [1.165, 1.54) is 32.2 Å². The van der Waals surface area contributed by atoms with Gasteiger partial charge in [0.25, 0.3) is 0 Å². The van der Waals surface area contributed by atoms with Crippen LogP contribution in [0.15, 0.2) is 72.8 Å². The molecule has 0 aromatic heterocycles. The molecule has 4 nitrogen and oxygen atoms in total. The molecule has 0 aliphatic rings. The molecule has 0 spiro atoms. The molecule has 0 unspecified atom stereocenters. The summed E-state index contributed by atoms with van der Waals surface area (Å²) in [6, 6.07) is 25.5. The maximum Gasteiger partial charge on any atom is 0.188 e. The number of unbranched alkanes of at least 4 members (excludes halogenated alkanes) is 1. The molecule has 0 radical (unpaired) electrons. The van der Waals surface area contributed by atoms with Gasteiger partial charge >= 0.3 is 0 Å². The summed E-state index contributed by atoms with van der Waals surface area (Å²) in [7, 11) is 2.52. The molecule has 0 N–H and O–H groups in total. The summed E-state index contributed by atoms with van der Waals surface area (Å²) in [4.78, 5) is 0. The molecule has 0 amide bonds. The molecule has 0 saturated heterocycles. The molecule has 0 atom stereocenters. The summed E-state index contributed by atoms with van der Waals surface area (Å²) >= 11 is 0. The second-order valence-corrected chi connectivity index (χ2v) is 10.1. The largest absolute Gasteiger partial charge is 0.467 e. The number of ether oxygens (including phenoxy) is 4. The zero-order valence-electron chi connectivity index (χ0n) is 19.5. The highest BCUT2D eigenvalue weighted by atomic mass is 31.1. The van der Waals surface area contributed by atoms with E-state index < -0.39 is 7.92 Å². The van der Waals surface area contributed by atoms with Crippen LogP contribution >= 0.6 is 7.92 Å². The van der Waals surface area contributed by atoms with Crippen molar-refractivity contribution < 1.29 is 18.9 Å². The van der Waals surface area contributed by atoms with Gasteiger partial charge in [0.2, 0.25) is 0 Å². The van der Waals surface area contributed by atoms with Gasteiger partial charge in [0, 0.05) is 24.8 Å². The number of hydrogen-bond donors (Lipinski definition) is 0. The van der Waals surface area contributed by atoms with Crippen LogP contribution in [0.5, 0.6) is 11.5 Å². The summed E-state index contributed by atoms with van der Waals surface area (Å²) in [6.07, 6.45) is 3.28. The Morgan fingerprint density at radius 2 is 1.12 bits per heavy atom. The third-order valence-electron chi connectivity index (χ3n) is 5.67. The maximum atomic E-state index is 6.14. The lowest BCUT2D eigenvalue weighted by Gasteiger charge is -2.26. The summed E-state index contributed by atoms with van der Waals surface area (Å²) in [6.45, 7) is 2.67. The van der Waals surface area contributed by atoms with Gasteiger partial charge in [-0.2, -0.15) is 0 Å². The van der Waals surface area contributed by atoms with E-state index in [9.17, 15) is 0 Å². The van der Waals surface area contributed by atoms with Crippen LogP contribution in [0, 0.1) is 0 Å². The first-order chi connectivity index (χ1) is 16.3. The fourth-order valence-electron chi connectivity index (χ4n) is 4.16. The molecule has 0 saturated carbocycles. The van der Waals surface area contributed by atoms with Gasteiger partial charge in [0.15, 0.2) is 13.6 Å². The average molecular weight is 463 g/mol. The molecule has 4 aromatic rings. The predicted molar refractivity (Wildman–Crippen MR) is 139 cm³/mol. The lowest BCUT2D eigenvalue weighted by Crippen LogP contribution is -2.21. The lowest BCUT2D eigenvalue weighted by molar-refractivity contribution is 0.0519. The van der Waals surface area contributed by atoms with E-state index in [0.717, 1.165) is 30.5 Å². The van der Waals surface area contributed by atoms with Crippen molar-refractivity contribution in [1.29, 1.82) is 0 Å². The average Bonchev–Trinajstić information content (AvgIpc) is 2.87. The standard InChI is InChI=1S/C28H31O4P/c1-4-5-18-33(27-23-12-8-6-10-21(23)14-16-25(27)31-19-29-2)28-24-13-9-7-11-22(24)15-17-26(28)32-20-30-3/h6-17H,4-5,18-20H2,1-3H3. The van der Waals surface area contributed by atoms with Crippen molar-refractivity contribution in [3.63, 3.8) is 0 Å². The second kappa shape index (κ2) is 11.5. The van der Waals surface area contributed by atoms with Gasteiger partial charge in [-0.3, -0.25) is 0 Å². The van der Waals surface area contributed by atoms with Crippen molar-refractivity contribution in [3.05, 3.63) is 72.8 Å². The topological polar surface area (TPSA) is 36.9 Å². The lowest BCUT2D eigenvalue weighted by atomic mass is 10.1. The van der Waals surface area contributed by atoms with Crippen molar-refractivity contribution in [2.45, 2.75) is 19.8 Å². The molecule has 0 heterocycles. The van der Waals surface area contributed by atoms with Gasteiger partial charge in [-0.05, 0) is 54.2 Å². The molecule has 172 valence electrons. The van der Waals surface area contributed by atoms with Crippen molar-refractivity contribution >= 4 is 40.1 Å². The van der Waals surface area contributed by atoms with Crippen LogP contribution in [0.2, 0.25) is 0 Å². The van der Waals surface area contributed by atoms with Crippen LogP contribution in [0.3, 0.4) is 0 Å². The zero-order chi connectivity index (χ0) is 23.0. The minimum absolute atomic E-state index is 0.213. The van der Waals surface area contributed by atoms with E-state index >= 15 is 0 Å². The Morgan fingerprint density at radius 3 is 1.58 bits per heavy atom. The Morgan fingerprint density at radius 1 is 0.636 bits per heavy atom. The van der Waals surface area contributed by atoms with Crippen LogP contribution in [0.25, 0.3) is 21.5 Å². The summed E-state index contributed by atoms with van der Waals surface area (Å²) in [5, 5.41) is 7.35. The van der Waals surface area contributed by atoms with E-state index in [0.29, 0.717) is 0 Å². The van der Waals surface area contributed by atoms with Crippen molar-refractivity contribution in [2.75, 3.05) is 34.0 Å². The van der Waals surface area contributed by atoms with Crippen LogP contribution in [0.1, 0.15) is 19.8 Å². The molecule has 5 heteroatoms. The summed E-state index contributed by atoms with van der Waals surface area (Å²) in [5.74, 6) is 1.76. The Bertz CT molecular complexity index is 1120. The Balaban J connectivity index is 2.01. The van der Waals surface area contributed by atoms with Crippen LogP contribution in [-0.2, 0) is 9.47 Å². The number of benzene rings is 4. The number of hydrogen-bond acceptors (Lipinski definition) is 4. The molecule has 0 aliphatic carbocycles. The van der Waals surface area contributed by atoms with Gasteiger partial charge in [-0.15, -0.1) is 0 Å². The highest BCUT2D eigenvalue weighted by molar-refractivity contribution is 7.74. The van der Waals surface area contributed by atoms with E-state index in [2.05, 4.69) is 79.7 Å². The third kappa shape index (κ3) is 5.14. The van der Waals surface area contributed by atoms with Gasteiger partial charge < -0.3 is 18.9 Å². The van der Waals surface area contributed by atoms with E-state index in [1.807, 2.05) is 0 Å². The first-order valence-electron chi connectivity index (χ1n) is 11.3. The highest BCUT2D eigenvalue weighted by Crippen LogP contribution is 2.45. The molecule has 33 heavy (non-hydrogen) atoms. The van der Waals surface area contributed by atoms with Crippen LogP contribution in [-0.4, -0.2) is 34.0 Å². The van der Waals surface area contributed by atoms with E-state index in [-0.39, 0.29) is 13.6 Å². The first-order valence-corrected chi connectivity index (χ1v) is 12.9. The van der Waals surface area contributed by atoms with E-state index in [4.69, 9.17) is 18.9 Å². The van der Waals surface area contributed by atoms with Crippen molar-refractivity contribution in [3.8, 4) is 11.5 Å². The molecular weight excluding hydrogens is 431 g/mol. The Hall–Kier alpha value is -2.65. The maximum absolute atomic E-state index is 6.14. The Kier molecular flexibility index (Phi) is 8.17. The monoisotopic (exact) mass is 462 g/mol. The molecule has 0 aliphatic heterocycles. The quantitative estimate of drug-likeness (QED) is 0.197. The van der Waals surface area contributed by atoms with Crippen molar-refractivity contribution in [1.82, 2.24) is 0 Å². The molecule has 0 fully saturated rings. The van der Waals surface area contributed by atoms with Crippen LogP contribution in [0.4, 0.5) is 0 Å². The fourth-order valence-corrected chi connectivity index (χ4v) is 7.26. The van der Waals surface area contributed by atoms with Crippen molar-refractivity contribution in [2.24, 2.45) is 0 Å². The van der Waals surface area contributed by atoms with E-state index in [1.54, 1.807) is 14.2 Å². The number of methoxy groups -OCH3 is 2. The first kappa shape index (κ1) is 23.5. The number of fused-ring (bicyclic) bond motifs is 2. The third-order valence-corrected chi connectivity index (χ3v) is 8.43. The molecule has 4 aromatic carbocycles. The SMILES string of the molecule is CCCCP(c1c(OCOC)ccc2ccccc12)c1c(OCOC)ccc2ccccc12. The van der Waals surface area contributed by atoms with Gasteiger partial charge in [0.05, 0.1) is 0 Å². The molecule has 4 rings (SSSR count). The molecular formula is C28H31O4P. The fraction of sp³-hybridized carbons (Fsp3) is 0.286. The highest BCUT2D eigenvalue weighted by Gasteiger charge is 2.26. The second-order valence-electron chi connectivity index (χ2n) is 7.87. The summed E-state index contributed by atoms with van der Waals surface area (Å²) < 4.78 is 22.8. The molecule has 0 bridgehead atoms. The number of rotatable bonds is 11. The Labute approximate surface area is 197 Å². The van der Waals surface area contributed by atoms with Crippen LogP contribution < -0.4 is 20.1 Å². The smallest absolute Gasteiger partial charge is 0.188 e.